The number of rotatable bonds is 2. The highest BCUT2D eigenvalue weighted by atomic mass is 16.4. The standard InChI is InChI=1S/C10H14N2O2/c1-7-6-8(12(2)11-7)10(9(13)14)4-3-5-10/h6H,3-5H2,1-2H3,(H,13,14). The summed E-state index contributed by atoms with van der Waals surface area (Å²) in [5, 5.41) is 13.4. The molecule has 1 aliphatic carbocycles. The average molecular weight is 194 g/mol. The lowest BCUT2D eigenvalue weighted by Gasteiger charge is -2.37. The maximum Gasteiger partial charge on any atom is 0.315 e. The minimum Gasteiger partial charge on any atom is -0.481 e. The first-order valence-corrected chi connectivity index (χ1v) is 4.81. The van der Waals surface area contributed by atoms with Gasteiger partial charge < -0.3 is 5.11 Å². The zero-order chi connectivity index (χ0) is 10.3. The summed E-state index contributed by atoms with van der Waals surface area (Å²) in [6.45, 7) is 1.89. The molecule has 1 heterocycles. The van der Waals surface area contributed by atoms with Crippen LogP contribution in [-0.4, -0.2) is 20.9 Å². The van der Waals surface area contributed by atoms with Gasteiger partial charge in [0.15, 0.2) is 0 Å². The number of aromatic nitrogens is 2. The van der Waals surface area contributed by atoms with E-state index in [0.29, 0.717) is 0 Å². The predicted octanol–water partition coefficient (Wildman–Crippen LogP) is 1.23. The van der Waals surface area contributed by atoms with Crippen LogP contribution in [0.3, 0.4) is 0 Å². The third kappa shape index (κ3) is 1.06. The second-order valence-electron chi connectivity index (χ2n) is 4.04. The van der Waals surface area contributed by atoms with Gasteiger partial charge in [0.2, 0.25) is 0 Å². The monoisotopic (exact) mass is 194 g/mol. The summed E-state index contributed by atoms with van der Waals surface area (Å²) in [6.07, 6.45) is 2.47. The van der Waals surface area contributed by atoms with Crippen molar-refractivity contribution in [1.29, 1.82) is 0 Å². The molecule has 0 aromatic carbocycles. The lowest BCUT2D eigenvalue weighted by atomic mass is 9.66. The maximum absolute atomic E-state index is 11.2. The van der Waals surface area contributed by atoms with Crippen molar-refractivity contribution < 1.29 is 9.90 Å². The van der Waals surface area contributed by atoms with Crippen molar-refractivity contribution in [3.8, 4) is 0 Å². The zero-order valence-electron chi connectivity index (χ0n) is 8.45. The van der Waals surface area contributed by atoms with E-state index >= 15 is 0 Å². The number of nitrogens with zero attached hydrogens (tertiary/aromatic N) is 2. The molecule has 4 heteroatoms. The number of carboxylic acid groups (broad SMARTS) is 1. The molecule has 1 aliphatic rings. The predicted molar refractivity (Wildman–Crippen MR) is 51.1 cm³/mol. The Bertz CT molecular complexity index is 377. The van der Waals surface area contributed by atoms with Gasteiger partial charge in [-0.15, -0.1) is 0 Å². The van der Waals surface area contributed by atoms with E-state index in [1.54, 1.807) is 4.68 Å². The molecule has 2 rings (SSSR count). The summed E-state index contributed by atoms with van der Waals surface area (Å²) in [4.78, 5) is 11.2. The Balaban J connectivity index is 2.46. The summed E-state index contributed by atoms with van der Waals surface area (Å²) in [5.74, 6) is -0.716. The summed E-state index contributed by atoms with van der Waals surface area (Å²) in [5.41, 5.74) is 1.07. The molecule has 14 heavy (non-hydrogen) atoms. The molecule has 1 N–H and O–H groups in total. The number of hydrogen-bond acceptors (Lipinski definition) is 2. The normalized spacial score (nSPS) is 19.0. The summed E-state index contributed by atoms with van der Waals surface area (Å²) in [7, 11) is 1.81. The molecule has 1 fully saturated rings. The number of aryl methyl sites for hydroxylation is 2. The van der Waals surface area contributed by atoms with E-state index < -0.39 is 11.4 Å². The topological polar surface area (TPSA) is 55.1 Å². The smallest absolute Gasteiger partial charge is 0.315 e. The molecule has 0 aliphatic heterocycles. The third-order valence-corrected chi connectivity index (χ3v) is 3.11. The van der Waals surface area contributed by atoms with Crippen molar-refractivity contribution in [2.24, 2.45) is 7.05 Å². The summed E-state index contributed by atoms with van der Waals surface area (Å²) < 4.78 is 1.70. The van der Waals surface area contributed by atoms with E-state index in [-0.39, 0.29) is 0 Å². The second kappa shape index (κ2) is 2.83. The highest BCUT2D eigenvalue weighted by molar-refractivity contribution is 5.82. The molecule has 1 aromatic heterocycles. The molecule has 76 valence electrons. The van der Waals surface area contributed by atoms with Crippen molar-refractivity contribution >= 4 is 5.97 Å². The van der Waals surface area contributed by atoms with Gasteiger partial charge in [0, 0.05) is 7.05 Å². The van der Waals surface area contributed by atoms with Gasteiger partial charge in [-0.3, -0.25) is 9.48 Å². The number of carboxylic acids is 1. The molecular formula is C10H14N2O2. The van der Waals surface area contributed by atoms with Crippen LogP contribution in [0.1, 0.15) is 30.7 Å². The molecule has 4 nitrogen and oxygen atoms in total. The average Bonchev–Trinajstić information content (AvgIpc) is 2.27. The highest BCUT2D eigenvalue weighted by Crippen LogP contribution is 2.43. The lowest BCUT2D eigenvalue weighted by Crippen LogP contribution is -2.43. The van der Waals surface area contributed by atoms with Crippen LogP contribution in [0.4, 0.5) is 0 Å². The van der Waals surface area contributed by atoms with Gasteiger partial charge in [-0.2, -0.15) is 5.10 Å². The largest absolute Gasteiger partial charge is 0.481 e. The van der Waals surface area contributed by atoms with Gasteiger partial charge in [-0.1, -0.05) is 6.42 Å². The SMILES string of the molecule is Cc1cc(C2(C(=O)O)CCC2)n(C)n1. The molecule has 0 saturated heterocycles. The first kappa shape index (κ1) is 9.24. The molecule has 0 spiro atoms. The first-order chi connectivity index (χ1) is 6.56. The molecule has 0 bridgehead atoms. The van der Waals surface area contributed by atoms with Crippen LogP contribution in [0, 0.1) is 6.92 Å². The first-order valence-electron chi connectivity index (χ1n) is 4.81. The minimum atomic E-state index is -0.716. The van der Waals surface area contributed by atoms with Gasteiger partial charge in [-0.05, 0) is 25.8 Å². The number of hydrogen-bond donors (Lipinski definition) is 1. The van der Waals surface area contributed by atoms with E-state index in [2.05, 4.69) is 5.10 Å². The molecule has 0 amide bonds. The Labute approximate surface area is 82.5 Å². The van der Waals surface area contributed by atoms with Crippen LogP contribution in [0.25, 0.3) is 0 Å². The third-order valence-electron chi connectivity index (χ3n) is 3.11. The molecule has 1 saturated carbocycles. The number of aliphatic carboxylic acids is 1. The van der Waals surface area contributed by atoms with E-state index in [1.807, 2.05) is 20.0 Å². The van der Waals surface area contributed by atoms with Crippen LogP contribution in [0.15, 0.2) is 6.07 Å². The van der Waals surface area contributed by atoms with E-state index in [0.717, 1.165) is 30.7 Å². The van der Waals surface area contributed by atoms with Crippen molar-refractivity contribution in [2.75, 3.05) is 0 Å². The summed E-state index contributed by atoms with van der Waals surface area (Å²) in [6, 6.07) is 1.88. The highest BCUT2D eigenvalue weighted by Gasteiger charge is 2.48. The van der Waals surface area contributed by atoms with E-state index in [9.17, 15) is 9.90 Å². The fraction of sp³-hybridized carbons (Fsp3) is 0.600. The Morgan fingerprint density at radius 3 is 2.57 bits per heavy atom. The van der Waals surface area contributed by atoms with E-state index in [4.69, 9.17) is 0 Å². The fourth-order valence-corrected chi connectivity index (χ4v) is 2.17. The Kier molecular flexibility index (Phi) is 1.87. The van der Waals surface area contributed by atoms with Crippen LogP contribution < -0.4 is 0 Å². The maximum atomic E-state index is 11.2. The van der Waals surface area contributed by atoms with Gasteiger partial charge in [0.25, 0.3) is 0 Å². The van der Waals surface area contributed by atoms with Crippen LogP contribution in [0.2, 0.25) is 0 Å². The van der Waals surface area contributed by atoms with Crippen molar-refractivity contribution in [3.63, 3.8) is 0 Å². The lowest BCUT2D eigenvalue weighted by molar-refractivity contribution is -0.147. The molecule has 0 radical (unpaired) electrons. The number of carbonyl (C=O) groups is 1. The van der Waals surface area contributed by atoms with Crippen molar-refractivity contribution in [2.45, 2.75) is 31.6 Å². The van der Waals surface area contributed by atoms with Crippen LogP contribution in [0.5, 0.6) is 0 Å². The second-order valence-corrected chi connectivity index (χ2v) is 4.04. The molecule has 1 aromatic rings. The Morgan fingerprint density at radius 1 is 1.64 bits per heavy atom. The zero-order valence-corrected chi connectivity index (χ0v) is 8.45. The molecule has 0 atom stereocenters. The summed E-state index contributed by atoms with van der Waals surface area (Å²) >= 11 is 0. The quantitative estimate of drug-likeness (QED) is 0.770. The van der Waals surface area contributed by atoms with Gasteiger partial charge >= 0.3 is 5.97 Å². The van der Waals surface area contributed by atoms with Gasteiger partial charge in [0.1, 0.15) is 5.41 Å². The van der Waals surface area contributed by atoms with Crippen LogP contribution >= 0.6 is 0 Å². The Hall–Kier alpha value is -1.32. The minimum absolute atomic E-state index is 0.657. The van der Waals surface area contributed by atoms with Crippen molar-refractivity contribution in [3.05, 3.63) is 17.5 Å². The molecular weight excluding hydrogens is 180 g/mol. The fourth-order valence-electron chi connectivity index (χ4n) is 2.17. The van der Waals surface area contributed by atoms with Crippen LogP contribution in [-0.2, 0) is 17.3 Å². The van der Waals surface area contributed by atoms with Gasteiger partial charge in [0.05, 0.1) is 11.4 Å². The van der Waals surface area contributed by atoms with Crippen molar-refractivity contribution in [1.82, 2.24) is 9.78 Å². The Morgan fingerprint density at radius 2 is 2.29 bits per heavy atom. The molecule has 0 unspecified atom stereocenters. The van der Waals surface area contributed by atoms with E-state index in [1.165, 1.54) is 0 Å². The van der Waals surface area contributed by atoms with Gasteiger partial charge in [-0.25, -0.2) is 0 Å².